The van der Waals surface area contributed by atoms with Crippen LogP contribution in [-0.4, -0.2) is 19.1 Å². The maximum Gasteiger partial charge on any atom is 0.223 e. The first-order chi connectivity index (χ1) is 22.2. The van der Waals surface area contributed by atoms with Crippen molar-refractivity contribution in [2.45, 2.75) is 0 Å². The molecule has 0 saturated carbocycles. The second-order valence-corrected chi connectivity index (χ2v) is 11.6. The van der Waals surface area contributed by atoms with Crippen LogP contribution in [0.2, 0.25) is 5.28 Å². The van der Waals surface area contributed by atoms with E-state index in [2.05, 4.69) is 129 Å². The Morgan fingerprint density at radius 3 is 1.20 bits per heavy atom. The highest BCUT2D eigenvalue weighted by Crippen LogP contribution is 2.38. The van der Waals surface area contributed by atoms with E-state index in [-0.39, 0.29) is 5.28 Å². The fourth-order valence-corrected chi connectivity index (χ4v) is 6.91. The second kappa shape index (κ2) is 10.2. The molecular formula is C40H25ClN4. The number of para-hydroxylation sites is 4. The molecule has 212 valence electrons. The van der Waals surface area contributed by atoms with E-state index < -0.39 is 0 Å². The summed E-state index contributed by atoms with van der Waals surface area (Å²) >= 11 is 6.61. The minimum Gasteiger partial charge on any atom is -0.309 e. The normalized spacial score (nSPS) is 11.7. The van der Waals surface area contributed by atoms with Gasteiger partial charge in [-0.05, 0) is 60.1 Å². The third-order valence-electron chi connectivity index (χ3n) is 8.64. The van der Waals surface area contributed by atoms with Crippen molar-refractivity contribution >= 4 is 55.2 Å². The summed E-state index contributed by atoms with van der Waals surface area (Å²) in [5.41, 5.74) is 10.2. The summed E-state index contributed by atoms with van der Waals surface area (Å²) in [5, 5.41) is 5.08. The molecule has 3 heterocycles. The maximum absolute atomic E-state index is 6.61. The highest BCUT2D eigenvalue weighted by atomic mass is 35.5. The fraction of sp³-hybridized carbons (Fsp3) is 0. The van der Waals surface area contributed by atoms with Gasteiger partial charge in [0.15, 0.2) is 0 Å². The van der Waals surface area contributed by atoms with Crippen molar-refractivity contribution < 1.29 is 0 Å². The number of halogens is 1. The van der Waals surface area contributed by atoms with E-state index in [4.69, 9.17) is 16.6 Å². The number of benzene rings is 6. The van der Waals surface area contributed by atoms with Gasteiger partial charge in [0.25, 0.3) is 0 Å². The SMILES string of the molecule is Clc1nc(-c2ccccc2)cc(-c2cc(-n3c4ccccc4c4ccccc43)cc(-n3c4ccccc4c4ccccc43)c2)n1. The summed E-state index contributed by atoms with van der Waals surface area (Å²) in [7, 11) is 0. The van der Waals surface area contributed by atoms with Crippen molar-refractivity contribution in [1.82, 2.24) is 19.1 Å². The number of nitrogens with zero attached hydrogens (tertiary/aromatic N) is 4. The van der Waals surface area contributed by atoms with Crippen LogP contribution in [0.4, 0.5) is 0 Å². The van der Waals surface area contributed by atoms with Gasteiger partial charge in [0, 0.05) is 44.0 Å². The number of rotatable bonds is 4. The Morgan fingerprint density at radius 2 is 0.756 bits per heavy atom. The van der Waals surface area contributed by atoms with E-state index in [1.807, 2.05) is 36.4 Å². The van der Waals surface area contributed by atoms with Crippen LogP contribution in [0, 0.1) is 0 Å². The minimum absolute atomic E-state index is 0.215. The predicted molar refractivity (Wildman–Crippen MR) is 187 cm³/mol. The molecule has 0 spiro atoms. The first-order valence-corrected chi connectivity index (χ1v) is 15.3. The minimum atomic E-state index is 0.215. The molecule has 0 aliphatic heterocycles. The monoisotopic (exact) mass is 596 g/mol. The average Bonchev–Trinajstić information content (AvgIpc) is 3.61. The highest BCUT2D eigenvalue weighted by molar-refractivity contribution is 6.28. The lowest BCUT2D eigenvalue weighted by atomic mass is 10.1. The Kier molecular flexibility index (Phi) is 5.83. The molecule has 45 heavy (non-hydrogen) atoms. The van der Waals surface area contributed by atoms with Gasteiger partial charge >= 0.3 is 0 Å². The largest absolute Gasteiger partial charge is 0.309 e. The molecule has 0 fully saturated rings. The summed E-state index contributed by atoms with van der Waals surface area (Å²) in [6.45, 7) is 0. The molecule has 9 aromatic rings. The van der Waals surface area contributed by atoms with Gasteiger partial charge in [0.1, 0.15) is 0 Å². The molecular weight excluding hydrogens is 572 g/mol. The summed E-state index contributed by atoms with van der Waals surface area (Å²) in [4.78, 5) is 9.34. The van der Waals surface area contributed by atoms with Gasteiger partial charge < -0.3 is 9.13 Å². The van der Waals surface area contributed by atoms with Crippen LogP contribution in [-0.2, 0) is 0 Å². The molecule has 0 amide bonds. The molecule has 0 N–H and O–H groups in total. The average molecular weight is 597 g/mol. The summed E-state index contributed by atoms with van der Waals surface area (Å²) in [6, 6.07) is 53.2. The van der Waals surface area contributed by atoms with Crippen molar-refractivity contribution in [3.05, 3.63) is 157 Å². The standard InChI is InChI=1S/C40H25ClN4/c41-40-42-34(26-12-2-1-3-13-26)25-35(43-40)27-22-28(44-36-18-8-4-14-30(36)31-15-5-9-19-37(31)44)24-29(23-27)45-38-20-10-6-16-32(38)33-17-7-11-21-39(33)45/h1-25H. The van der Waals surface area contributed by atoms with Crippen molar-refractivity contribution in [1.29, 1.82) is 0 Å². The Balaban J connectivity index is 1.38. The molecule has 6 aromatic carbocycles. The summed E-state index contributed by atoms with van der Waals surface area (Å²) < 4.78 is 4.71. The fourth-order valence-electron chi connectivity index (χ4n) is 6.73. The van der Waals surface area contributed by atoms with Crippen LogP contribution >= 0.6 is 11.6 Å². The van der Waals surface area contributed by atoms with Gasteiger partial charge in [-0.1, -0.05) is 103 Å². The first kappa shape index (κ1) is 25.8. The summed E-state index contributed by atoms with van der Waals surface area (Å²) in [6.07, 6.45) is 0. The van der Waals surface area contributed by atoms with Crippen LogP contribution in [0.15, 0.2) is 152 Å². The second-order valence-electron chi connectivity index (χ2n) is 11.3. The smallest absolute Gasteiger partial charge is 0.223 e. The Morgan fingerprint density at radius 1 is 0.378 bits per heavy atom. The number of fused-ring (bicyclic) bond motifs is 6. The Bertz CT molecular complexity index is 2320. The van der Waals surface area contributed by atoms with Gasteiger partial charge in [-0.3, -0.25) is 0 Å². The quantitative estimate of drug-likeness (QED) is 0.189. The Hall–Kier alpha value is -5.71. The Labute approximate surface area is 264 Å². The van der Waals surface area contributed by atoms with Crippen LogP contribution in [0.25, 0.3) is 77.5 Å². The topological polar surface area (TPSA) is 35.6 Å². The number of aromatic nitrogens is 4. The molecule has 0 unspecified atom stereocenters. The first-order valence-electron chi connectivity index (χ1n) is 15.0. The van der Waals surface area contributed by atoms with Crippen molar-refractivity contribution in [3.63, 3.8) is 0 Å². The van der Waals surface area contributed by atoms with E-state index in [0.29, 0.717) is 0 Å². The van der Waals surface area contributed by atoms with Crippen LogP contribution in [0.3, 0.4) is 0 Å². The lowest BCUT2D eigenvalue weighted by molar-refractivity contribution is 1.13. The third kappa shape index (κ3) is 4.15. The van der Waals surface area contributed by atoms with Gasteiger partial charge in [-0.25, -0.2) is 9.97 Å². The number of hydrogen-bond donors (Lipinski definition) is 0. The zero-order valence-corrected chi connectivity index (χ0v) is 24.9. The molecule has 4 nitrogen and oxygen atoms in total. The van der Waals surface area contributed by atoms with Gasteiger partial charge in [-0.15, -0.1) is 0 Å². The molecule has 9 rings (SSSR count). The van der Waals surface area contributed by atoms with Crippen LogP contribution in [0.1, 0.15) is 0 Å². The molecule has 0 saturated heterocycles. The lowest BCUT2D eigenvalue weighted by Gasteiger charge is -2.16. The molecule has 5 heteroatoms. The molecule has 0 aliphatic rings. The van der Waals surface area contributed by atoms with E-state index in [1.54, 1.807) is 0 Å². The maximum atomic E-state index is 6.61. The molecule has 0 aliphatic carbocycles. The van der Waals surface area contributed by atoms with Crippen molar-refractivity contribution in [2.75, 3.05) is 0 Å². The van der Waals surface area contributed by atoms with E-state index in [9.17, 15) is 0 Å². The van der Waals surface area contributed by atoms with Gasteiger partial charge in [0.05, 0.1) is 33.5 Å². The molecule has 0 radical (unpaired) electrons. The third-order valence-corrected chi connectivity index (χ3v) is 8.81. The van der Waals surface area contributed by atoms with Crippen molar-refractivity contribution in [3.8, 4) is 33.9 Å². The van der Waals surface area contributed by atoms with Crippen LogP contribution in [0.5, 0.6) is 0 Å². The predicted octanol–water partition coefficient (Wildman–Crippen LogP) is 10.7. The van der Waals surface area contributed by atoms with E-state index in [0.717, 1.165) is 56.0 Å². The van der Waals surface area contributed by atoms with Crippen molar-refractivity contribution in [2.24, 2.45) is 0 Å². The van der Waals surface area contributed by atoms with Crippen LogP contribution < -0.4 is 0 Å². The van der Waals surface area contributed by atoms with Gasteiger partial charge in [0.2, 0.25) is 5.28 Å². The van der Waals surface area contributed by atoms with Gasteiger partial charge in [-0.2, -0.15) is 0 Å². The zero-order chi connectivity index (χ0) is 29.9. The summed E-state index contributed by atoms with van der Waals surface area (Å²) in [5.74, 6) is 0. The van der Waals surface area contributed by atoms with E-state index in [1.165, 1.54) is 21.5 Å². The van der Waals surface area contributed by atoms with E-state index >= 15 is 0 Å². The highest BCUT2D eigenvalue weighted by Gasteiger charge is 2.18. The molecule has 3 aromatic heterocycles. The molecule has 0 bridgehead atoms. The zero-order valence-electron chi connectivity index (χ0n) is 24.1. The number of hydrogen-bond acceptors (Lipinski definition) is 2. The molecule has 0 atom stereocenters. The lowest BCUT2D eigenvalue weighted by Crippen LogP contribution is -2.01.